The molecule has 0 aromatic heterocycles. The summed E-state index contributed by atoms with van der Waals surface area (Å²) in [6, 6.07) is 0. The van der Waals surface area contributed by atoms with E-state index in [1.165, 1.54) is 0 Å². The van der Waals surface area contributed by atoms with Crippen LogP contribution in [-0.2, 0) is 4.79 Å². The number of carboxylic acids is 1. The zero-order valence-corrected chi connectivity index (χ0v) is 22.1. The minimum Gasteiger partial charge on any atom is -0.481 e. The zero-order valence-electron chi connectivity index (χ0n) is 22.1. The lowest BCUT2D eigenvalue weighted by molar-refractivity contribution is -0.195. The van der Waals surface area contributed by atoms with E-state index in [1.807, 2.05) is 0 Å². The number of aliphatic hydroxyl groups is 3. The highest BCUT2D eigenvalue weighted by atomic mass is 16.4. The van der Waals surface area contributed by atoms with E-state index < -0.39 is 17.5 Å². The maximum absolute atomic E-state index is 12.7. The standard InChI is InChI=1S/C29H50O5/c1-5-26(2)13-7-14-27(3)19(8-6-9-23(26)32)10-11-21-24-20(22(31)18-30)12-15-29(24,25(33)34)17-16-28(21,27)4/h19-24,30-32H,5-18H2,1-4H3,(H,33,34). The molecule has 4 aliphatic carbocycles. The number of fused-ring (bicyclic) bond motifs is 5. The molecule has 0 bridgehead atoms. The smallest absolute Gasteiger partial charge is 0.309 e. The van der Waals surface area contributed by atoms with Gasteiger partial charge in [0.2, 0.25) is 0 Å². The Morgan fingerprint density at radius 2 is 1.65 bits per heavy atom. The van der Waals surface area contributed by atoms with Crippen molar-refractivity contribution in [1.82, 2.24) is 0 Å². The number of aliphatic hydroxyl groups excluding tert-OH is 3. The Kier molecular flexibility index (Phi) is 7.25. The lowest BCUT2D eigenvalue weighted by Gasteiger charge is -2.65. The Labute approximate surface area is 206 Å². The SMILES string of the molecule is CCC1(C)CCCC2(C)C(CCCC1O)CCC1C3C(C(O)CO)CCC3(C(=O)O)CCC12C. The number of rotatable bonds is 4. The van der Waals surface area contributed by atoms with Gasteiger partial charge in [-0.3, -0.25) is 4.79 Å². The van der Waals surface area contributed by atoms with Crippen LogP contribution in [0, 0.1) is 45.3 Å². The Morgan fingerprint density at radius 3 is 2.29 bits per heavy atom. The molecule has 0 spiro atoms. The van der Waals surface area contributed by atoms with Crippen LogP contribution >= 0.6 is 0 Å². The van der Waals surface area contributed by atoms with Crippen LogP contribution in [0.15, 0.2) is 0 Å². The number of hydrogen-bond acceptors (Lipinski definition) is 4. The minimum atomic E-state index is -0.824. The Morgan fingerprint density at radius 1 is 0.912 bits per heavy atom. The van der Waals surface area contributed by atoms with E-state index in [1.54, 1.807) is 0 Å². The maximum atomic E-state index is 12.7. The maximum Gasteiger partial charge on any atom is 0.309 e. The lowest BCUT2D eigenvalue weighted by atomic mass is 9.38. The molecule has 4 fully saturated rings. The average molecular weight is 479 g/mol. The average Bonchev–Trinajstić information content (AvgIpc) is 3.21. The van der Waals surface area contributed by atoms with E-state index in [0.717, 1.165) is 64.2 Å². The van der Waals surface area contributed by atoms with Gasteiger partial charge in [0.05, 0.1) is 24.2 Å². The molecule has 5 heteroatoms. The molecule has 5 nitrogen and oxygen atoms in total. The minimum absolute atomic E-state index is 0.0228. The summed E-state index contributed by atoms with van der Waals surface area (Å²) < 4.78 is 0. The number of carbonyl (C=O) groups is 1. The van der Waals surface area contributed by atoms with Crippen LogP contribution in [0.2, 0.25) is 0 Å². The van der Waals surface area contributed by atoms with Gasteiger partial charge < -0.3 is 20.4 Å². The predicted molar refractivity (Wildman–Crippen MR) is 133 cm³/mol. The molecule has 4 saturated carbocycles. The molecule has 0 amide bonds. The largest absolute Gasteiger partial charge is 0.481 e. The second-order valence-corrected chi connectivity index (χ2v) is 13.5. The van der Waals surface area contributed by atoms with E-state index in [-0.39, 0.29) is 46.7 Å². The second kappa shape index (κ2) is 9.34. The molecule has 4 rings (SSSR count). The van der Waals surface area contributed by atoms with Crippen molar-refractivity contribution in [3.8, 4) is 0 Å². The first kappa shape index (κ1) is 26.4. The fourth-order valence-corrected chi connectivity index (χ4v) is 9.81. The second-order valence-electron chi connectivity index (χ2n) is 13.5. The third kappa shape index (κ3) is 3.78. The van der Waals surface area contributed by atoms with Gasteiger partial charge in [-0.1, -0.05) is 40.5 Å². The normalized spacial score (nSPS) is 50.5. The summed E-state index contributed by atoms with van der Waals surface area (Å²) in [6.45, 7) is 9.14. The molecule has 0 aromatic rings. The number of aliphatic carboxylic acids is 1. The van der Waals surface area contributed by atoms with Gasteiger partial charge in [-0.15, -0.1) is 0 Å². The van der Waals surface area contributed by atoms with Gasteiger partial charge in [0, 0.05) is 0 Å². The van der Waals surface area contributed by atoms with Crippen molar-refractivity contribution < 1.29 is 25.2 Å². The van der Waals surface area contributed by atoms with Crippen LogP contribution in [0.4, 0.5) is 0 Å². The summed E-state index contributed by atoms with van der Waals surface area (Å²) in [6.07, 6.45) is 11.4. The fourth-order valence-electron chi connectivity index (χ4n) is 9.81. The van der Waals surface area contributed by atoms with Crippen LogP contribution < -0.4 is 0 Å². The third-order valence-electron chi connectivity index (χ3n) is 12.6. The van der Waals surface area contributed by atoms with Crippen molar-refractivity contribution in [3.05, 3.63) is 0 Å². The van der Waals surface area contributed by atoms with Gasteiger partial charge in [0.15, 0.2) is 0 Å². The molecule has 0 radical (unpaired) electrons. The quantitative estimate of drug-likeness (QED) is 0.434. The molecule has 4 aliphatic rings. The molecule has 10 atom stereocenters. The Balaban J connectivity index is 1.70. The molecule has 0 heterocycles. The lowest BCUT2D eigenvalue weighted by Crippen LogP contribution is -2.61. The Bertz CT molecular complexity index is 755. The van der Waals surface area contributed by atoms with Crippen molar-refractivity contribution >= 4 is 5.97 Å². The summed E-state index contributed by atoms with van der Waals surface area (Å²) in [7, 11) is 0. The van der Waals surface area contributed by atoms with Gasteiger partial charge in [-0.2, -0.15) is 0 Å². The molecular formula is C29H50O5. The molecular weight excluding hydrogens is 428 g/mol. The molecule has 0 aromatic carbocycles. The first-order valence-electron chi connectivity index (χ1n) is 14.2. The zero-order chi connectivity index (χ0) is 24.9. The highest BCUT2D eigenvalue weighted by Gasteiger charge is 2.68. The molecule has 0 aliphatic heterocycles. The van der Waals surface area contributed by atoms with E-state index >= 15 is 0 Å². The predicted octanol–water partition coefficient (Wildman–Crippen LogP) is 5.40. The molecule has 0 saturated heterocycles. The van der Waals surface area contributed by atoms with E-state index in [4.69, 9.17) is 0 Å². The van der Waals surface area contributed by atoms with Gasteiger partial charge >= 0.3 is 5.97 Å². The van der Waals surface area contributed by atoms with Crippen molar-refractivity contribution in [2.75, 3.05) is 6.61 Å². The summed E-state index contributed by atoms with van der Waals surface area (Å²) in [5, 5.41) is 41.9. The first-order chi connectivity index (χ1) is 16.0. The van der Waals surface area contributed by atoms with E-state index in [9.17, 15) is 25.2 Å². The molecule has 4 N–H and O–H groups in total. The van der Waals surface area contributed by atoms with Crippen molar-refractivity contribution in [2.45, 2.75) is 123 Å². The van der Waals surface area contributed by atoms with Crippen molar-refractivity contribution in [2.24, 2.45) is 45.3 Å². The van der Waals surface area contributed by atoms with Crippen molar-refractivity contribution in [3.63, 3.8) is 0 Å². The molecule has 10 unspecified atom stereocenters. The van der Waals surface area contributed by atoms with Crippen molar-refractivity contribution in [1.29, 1.82) is 0 Å². The monoisotopic (exact) mass is 478 g/mol. The van der Waals surface area contributed by atoms with Crippen LogP contribution in [0.3, 0.4) is 0 Å². The van der Waals surface area contributed by atoms with E-state index in [0.29, 0.717) is 25.2 Å². The molecule has 34 heavy (non-hydrogen) atoms. The van der Waals surface area contributed by atoms with Gasteiger partial charge in [0.1, 0.15) is 0 Å². The highest BCUT2D eigenvalue weighted by Crippen LogP contribution is 2.72. The third-order valence-corrected chi connectivity index (χ3v) is 12.6. The van der Waals surface area contributed by atoms with Gasteiger partial charge in [0.25, 0.3) is 0 Å². The van der Waals surface area contributed by atoms with Crippen LogP contribution in [0.5, 0.6) is 0 Å². The first-order valence-corrected chi connectivity index (χ1v) is 14.2. The topological polar surface area (TPSA) is 98.0 Å². The summed E-state index contributed by atoms with van der Waals surface area (Å²) in [5.41, 5.74) is -0.591. The van der Waals surface area contributed by atoms with Crippen LogP contribution in [-0.4, -0.2) is 45.2 Å². The Hall–Kier alpha value is -0.650. The fraction of sp³-hybridized carbons (Fsp3) is 0.966. The van der Waals surface area contributed by atoms with E-state index in [2.05, 4.69) is 27.7 Å². The summed E-state index contributed by atoms with van der Waals surface area (Å²) >= 11 is 0. The summed E-state index contributed by atoms with van der Waals surface area (Å²) in [4.78, 5) is 12.7. The van der Waals surface area contributed by atoms with Crippen LogP contribution in [0.1, 0.15) is 111 Å². The summed E-state index contributed by atoms with van der Waals surface area (Å²) in [5.74, 6) is 0.0224. The molecule has 196 valence electrons. The van der Waals surface area contributed by atoms with Crippen LogP contribution in [0.25, 0.3) is 0 Å². The highest BCUT2D eigenvalue weighted by molar-refractivity contribution is 5.76. The van der Waals surface area contributed by atoms with Gasteiger partial charge in [-0.05, 0) is 111 Å². The van der Waals surface area contributed by atoms with Gasteiger partial charge in [-0.25, -0.2) is 0 Å². The number of carboxylic acid groups (broad SMARTS) is 1. The number of hydrogen-bond donors (Lipinski definition) is 4.